The summed E-state index contributed by atoms with van der Waals surface area (Å²) in [6, 6.07) is 0. The average molecular weight is 171 g/mol. The van der Waals surface area contributed by atoms with Gasteiger partial charge in [0.25, 0.3) is 0 Å². The Bertz CT molecular complexity index is 120. The summed E-state index contributed by atoms with van der Waals surface area (Å²) in [7, 11) is 0. The molecule has 0 aromatic heterocycles. The lowest BCUT2D eigenvalue weighted by molar-refractivity contribution is -0.126. The number of ketones is 1. The Morgan fingerprint density at radius 1 is 1.25 bits per heavy atom. The van der Waals surface area contributed by atoms with Crippen LogP contribution in [0.25, 0.3) is 0 Å². The Morgan fingerprint density at radius 3 is 2.17 bits per heavy atom. The first-order valence-corrected chi connectivity index (χ1v) is 4.87. The Kier molecular flexibility index (Phi) is 5.99. The summed E-state index contributed by atoms with van der Waals surface area (Å²) in [5.74, 6) is 0.746. The van der Waals surface area contributed by atoms with Crippen molar-refractivity contribution in [2.24, 2.45) is 17.6 Å². The lowest BCUT2D eigenvalue weighted by Gasteiger charge is -2.14. The highest BCUT2D eigenvalue weighted by Gasteiger charge is 2.17. The molecule has 0 aliphatic rings. The second-order valence-corrected chi connectivity index (χ2v) is 3.57. The molecule has 12 heavy (non-hydrogen) atoms. The topological polar surface area (TPSA) is 43.1 Å². The Labute approximate surface area is 75.5 Å². The van der Waals surface area contributed by atoms with Gasteiger partial charge in [-0.05, 0) is 19.4 Å². The van der Waals surface area contributed by atoms with Crippen molar-refractivity contribution in [2.75, 3.05) is 6.54 Å². The third-order valence-corrected chi connectivity index (χ3v) is 2.29. The maximum atomic E-state index is 11.6. The number of carbonyl (C=O) groups is 1. The van der Waals surface area contributed by atoms with E-state index in [2.05, 4.69) is 6.92 Å². The van der Waals surface area contributed by atoms with Gasteiger partial charge in [0.2, 0.25) is 0 Å². The Balaban J connectivity index is 3.82. The normalized spacial score (nSPS) is 15.7. The second kappa shape index (κ2) is 6.18. The van der Waals surface area contributed by atoms with E-state index in [0.717, 1.165) is 19.3 Å². The van der Waals surface area contributed by atoms with Crippen LogP contribution in [0.15, 0.2) is 0 Å². The van der Waals surface area contributed by atoms with E-state index in [0.29, 0.717) is 12.3 Å². The molecular formula is C10H21NO. The molecule has 0 amide bonds. The van der Waals surface area contributed by atoms with Crippen LogP contribution in [0, 0.1) is 11.8 Å². The largest absolute Gasteiger partial charge is 0.330 e. The summed E-state index contributed by atoms with van der Waals surface area (Å²) >= 11 is 0. The van der Waals surface area contributed by atoms with Crippen LogP contribution in [0.4, 0.5) is 0 Å². The van der Waals surface area contributed by atoms with Crippen molar-refractivity contribution >= 4 is 5.78 Å². The molecule has 2 N–H and O–H groups in total. The lowest BCUT2D eigenvalue weighted by atomic mass is 9.90. The van der Waals surface area contributed by atoms with Gasteiger partial charge < -0.3 is 5.73 Å². The number of hydrogen-bond acceptors (Lipinski definition) is 2. The molecule has 2 heteroatoms. The molecule has 0 spiro atoms. The van der Waals surface area contributed by atoms with Gasteiger partial charge in [-0.1, -0.05) is 27.2 Å². The van der Waals surface area contributed by atoms with Gasteiger partial charge in [0, 0.05) is 11.8 Å². The molecule has 2 atom stereocenters. The molecule has 0 saturated heterocycles. The summed E-state index contributed by atoms with van der Waals surface area (Å²) in [5.41, 5.74) is 5.39. The summed E-state index contributed by atoms with van der Waals surface area (Å²) < 4.78 is 0. The molecule has 0 rings (SSSR count). The molecule has 0 fully saturated rings. The highest BCUT2D eigenvalue weighted by atomic mass is 16.1. The van der Waals surface area contributed by atoms with Crippen LogP contribution in [0.5, 0.6) is 0 Å². The van der Waals surface area contributed by atoms with Crippen molar-refractivity contribution in [3.63, 3.8) is 0 Å². The number of nitrogens with two attached hydrogens (primary N) is 1. The lowest BCUT2D eigenvalue weighted by Crippen LogP contribution is -2.21. The third-order valence-electron chi connectivity index (χ3n) is 2.29. The zero-order chi connectivity index (χ0) is 9.56. The Morgan fingerprint density at radius 2 is 1.75 bits per heavy atom. The first-order valence-electron chi connectivity index (χ1n) is 4.87. The predicted octanol–water partition coefficient (Wildman–Crippen LogP) is 1.98. The Hall–Kier alpha value is -0.370. The van der Waals surface area contributed by atoms with E-state index in [-0.39, 0.29) is 11.8 Å². The molecular weight excluding hydrogens is 150 g/mol. The fraction of sp³-hybridized carbons (Fsp3) is 0.900. The molecule has 0 saturated carbocycles. The van der Waals surface area contributed by atoms with Crippen molar-refractivity contribution in [1.29, 1.82) is 0 Å². The average Bonchev–Trinajstić information content (AvgIpc) is 2.04. The maximum absolute atomic E-state index is 11.6. The third kappa shape index (κ3) is 3.86. The molecule has 0 bridgehead atoms. The van der Waals surface area contributed by atoms with Gasteiger partial charge in [-0.3, -0.25) is 4.79 Å². The van der Waals surface area contributed by atoms with Crippen LogP contribution in [0.2, 0.25) is 0 Å². The van der Waals surface area contributed by atoms with Gasteiger partial charge in [0.05, 0.1) is 0 Å². The number of rotatable bonds is 6. The van der Waals surface area contributed by atoms with Crippen molar-refractivity contribution in [1.82, 2.24) is 0 Å². The summed E-state index contributed by atoms with van der Waals surface area (Å²) in [4.78, 5) is 11.6. The van der Waals surface area contributed by atoms with E-state index in [1.165, 1.54) is 0 Å². The minimum absolute atomic E-state index is 0.150. The maximum Gasteiger partial charge on any atom is 0.138 e. The van der Waals surface area contributed by atoms with Gasteiger partial charge in [-0.2, -0.15) is 0 Å². The molecule has 0 radical (unpaired) electrons. The van der Waals surface area contributed by atoms with Crippen LogP contribution >= 0.6 is 0 Å². The standard InChI is InChI=1S/C10H21NO/c1-4-5-8(2)10(12)9(3)6-7-11/h8-9H,4-7,11H2,1-3H3. The summed E-state index contributed by atoms with van der Waals surface area (Å²) in [6.07, 6.45) is 2.92. The zero-order valence-electron chi connectivity index (χ0n) is 8.47. The van der Waals surface area contributed by atoms with Crippen LogP contribution in [0.1, 0.15) is 40.0 Å². The van der Waals surface area contributed by atoms with Gasteiger partial charge >= 0.3 is 0 Å². The van der Waals surface area contributed by atoms with E-state index in [4.69, 9.17) is 5.73 Å². The van der Waals surface area contributed by atoms with Crippen molar-refractivity contribution in [2.45, 2.75) is 40.0 Å². The van der Waals surface area contributed by atoms with E-state index in [1.807, 2.05) is 13.8 Å². The number of hydrogen-bond donors (Lipinski definition) is 1. The monoisotopic (exact) mass is 171 g/mol. The van der Waals surface area contributed by atoms with Crippen molar-refractivity contribution in [3.8, 4) is 0 Å². The minimum Gasteiger partial charge on any atom is -0.330 e. The highest BCUT2D eigenvalue weighted by molar-refractivity contribution is 5.82. The van der Waals surface area contributed by atoms with E-state index >= 15 is 0 Å². The molecule has 0 aromatic carbocycles. The fourth-order valence-corrected chi connectivity index (χ4v) is 1.45. The molecule has 72 valence electrons. The summed E-state index contributed by atoms with van der Waals surface area (Å²) in [5, 5.41) is 0. The highest BCUT2D eigenvalue weighted by Crippen LogP contribution is 2.14. The fourth-order valence-electron chi connectivity index (χ4n) is 1.45. The van der Waals surface area contributed by atoms with Gasteiger partial charge in [-0.25, -0.2) is 0 Å². The van der Waals surface area contributed by atoms with Crippen LogP contribution in [-0.4, -0.2) is 12.3 Å². The minimum atomic E-state index is 0.150. The van der Waals surface area contributed by atoms with Gasteiger partial charge in [0.1, 0.15) is 5.78 Å². The predicted molar refractivity (Wildman–Crippen MR) is 51.9 cm³/mol. The van der Waals surface area contributed by atoms with Gasteiger partial charge in [0.15, 0.2) is 0 Å². The van der Waals surface area contributed by atoms with Gasteiger partial charge in [-0.15, -0.1) is 0 Å². The molecule has 0 aromatic rings. The van der Waals surface area contributed by atoms with Crippen molar-refractivity contribution in [3.05, 3.63) is 0 Å². The summed E-state index contributed by atoms with van der Waals surface area (Å²) in [6.45, 7) is 6.71. The first kappa shape index (κ1) is 11.6. The quantitative estimate of drug-likeness (QED) is 0.664. The second-order valence-electron chi connectivity index (χ2n) is 3.57. The van der Waals surface area contributed by atoms with Crippen LogP contribution in [0.3, 0.4) is 0 Å². The molecule has 0 heterocycles. The smallest absolute Gasteiger partial charge is 0.138 e. The number of Topliss-reactive ketones (excluding diaryl/α,β-unsaturated/α-hetero) is 1. The molecule has 2 unspecified atom stereocenters. The first-order chi connectivity index (χ1) is 5.63. The molecule has 2 nitrogen and oxygen atoms in total. The number of carbonyl (C=O) groups excluding carboxylic acids is 1. The van der Waals surface area contributed by atoms with Crippen molar-refractivity contribution < 1.29 is 4.79 Å². The zero-order valence-corrected chi connectivity index (χ0v) is 8.47. The van der Waals surface area contributed by atoms with E-state index in [9.17, 15) is 4.79 Å². The molecule has 0 aliphatic heterocycles. The SMILES string of the molecule is CCCC(C)C(=O)C(C)CCN. The van der Waals surface area contributed by atoms with E-state index in [1.54, 1.807) is 0 Å². The van der Waals surface area contributed by atoms with Crippen LogP contribution in [-0.2, 0) is 4.79 Å². The molecule has 0 aliphatic carbocycles. The van der Waals surface area contributed by atoms with E-state index < -0.39 is 0 Å². The van der Waals surface area contributed by atoms with Crippen LogP contribution < -0.4 is 5.73 Å².